The lowest BCUT2D eigenvalue weighted by Crippen LogP contribution is -2.16. The molecule has 1 aromatic carbocycles. The van der Waals surface area contributed by atoms with Crippen molar-refractivity contribution >= 4 is 13.2 Å². The summed E-state index contributed by atoms with van der Waals surface area (Å²) < 4.78 is 0. The van der Waals surface area contributed by atoms with Gasteiger partial charge in [0.2, 0.25) is 0 Å². The van der Waals surface area contributed by atoms with E-state index in [1.165, 1.54) is 17.9 Å². The maximum atomic E-state index is 8.89. The fourth-order valence-electron chi connectivity index (χ4n) is 1.49. The summed E-state index contributed by atoms with van der Waals surface area (Å²) in [6.07, 6.45) is 4.47. The van der Waals surface area contributed by atoms with Crippen LogP contribution in [0.5, 0.6) is 0 Å². The van der Waals surface area contributed by atoms with Gasteiger partial charge in [0.15, 0.2) is 0 Å². The van der Waals surface area contributed by atoms with Gasteiger partial charge in [-0.05, 0) is 12.5 Å². The van der Waals surface area contributed by atoms with E-state index in [0.29, 0.717) is 0 Å². The molecule has 0 bridgehead atoms. The first-order chi connectivity index (χ1) is 7.87. The lowest BCUT2D eigenvalue weighted by Gasteiger charge is -2.15. The molecule has 0 atom stereocenters. The van der Waals surface area contributed by atoms with Gasteiger partial charge >= 0.3 is 0 Å². The van der Waals surface area contributed by atoms with E-state index in [-0.39, 0.29) is 0 Å². The van der Waals surface area contributed by atoms with Crippen molar-refractivity contribution in [2.75, 3.05) is 19.5 Å². The third-order valence-electron chi connectivity index (χ3n) is 2.08. The predicted octanol–water partition coefficient (Wildman–Crippen LogP) is 2.41. The summed E-state index contributed by atoms with van der Waals surface area (Å²) in [5.41, 5.74) is 1.46. The first kappa shape index (κ1) is 15.9. The number of hydrogen-bond acceptors (Lipinski definition) is 2. The zero-order valence-corrected chi connectivity index (χ0v) is 11.7. The van der Waals surface area contributed by atoms with Crippen LogP contribution in [0.2, 0.25) is 0 Å². The number of aliphatic carboxylic acids is 1. The highest BCUT2D eigenvalue weighted by atomic mass is 31.2. The van der Waals surface area contributed by atoms with Gasteiger partial charge in [-0.25, -0.2) is 0 Å². The van der Waals surface area contributed by atoms with E-state index in [0.717, 1.165) is 6.92 Å². The molecular formula is C14H21O2P. The third kappa shape index (κ3) is 9.77. The van der Waals surface area contributed by atoms with E-state index in [9.17, 15) is 0 Å². The van der Waals surface area contributed by atoms with Crippen LogP contribution in [0.4, 0.5) is 0 Å². The van der Waals surface area contributed by atoms with Crippen LogP contribution < -0.4 is 5.11 Å². The molecule has 0 aliphatic carbocycles. The second-order valence-electron chi connectivity index (χ2n) is 4.54. The lowest BCUT2D eigenvalue weighted by atomic mass is 10.2. The average molecular weight is 252 g/mol. The maximum absolute atomic E-state index is 8.89. The molecule has 0 saturated carbocycles. The molecular weight excluding hydrogens is 231 g/mol. The number of carboxylic acids is 1. The number of allylic oxidation sites excluding steroid dienone is 1. The molecule has 0 amide bonds. The minimum absolute atomic E-state index is 0.782. The molecule has 3 heteroatoms. The highest BCUT2D eigenvalue weighted by Gasteiger charge is 2.22. The molecule has 17 heavy (non-hydrogen) atoms. The normalized spacial score (nSPS) is 10.1. The van der Waals surface area contributed by atoms with Crippen molar-refractivity contribution in [3.63, 3.8) is 0 Å². The van der Waals surface area contributed by atoms with Crippen molar-refractivity contribution in [2.45, 2.75) is 13.1 Å². The number of hydrogen-bond donors (Lipinski definition) is 0. The molecule has 0 fully saturated rings. The number of benzene rings is 1. The van der Waals surface area contributed by atoms with Crippen molar-refractivity contribution < 1.29 is 9.90 Å². The van der Waals surface area contributed by atoms with E-state index < -0.39 is 13.2 Å². The monoisotopic (exact) mass is 252 g/mol. The fourth-order valence-corrected chi connectivity index (χ4v) is 3.52. The van der Waals surface area contributed by atoms with Gasteiger partial charge in [0, 0.05) is 26.6 Å². The summed E-state index contributed by atoms with van der Waals surface area (Å²) in [6, 6.07) is 10.7. The molecule has 1 rings (SSSR count). The molecule has 0 aliphatic rings. The Balaban J connectivity index is 0.000000557. The van der Waals surface area contributed by atoms with Gasteiger partial charge in [-0.15, -0.1) is 0 Å². The summed E-state index contributed by atoms with van der Waals surface area (Å²) in [7, 11) is -0.782. The predicted molar refractivity (Wildman–Crippen MR) is 74.7 cm³/mol. The molecule has 0 N–H and O–H groups in total. The van der Waals surface area contributed by atoms with Crippen LogP contribution in [0, 0.1) is 0 Å². The van der Waals surface area contributed by atoms with Crippen molar-refractivity contribution in [3.05, 3.63) is 48.6 Å². The molecule has 0 saturated heterocycles. The van der Waals surface area contributed by atoms with Gasteiger partial charge in [0.25, 0.3) is 0 Å². The highest BCUT2D eigenvalue weighted by molar-refractivity contribution is 7.73. The topological polar surface area (TPSA) is 40.1 Å². The largest absolute Gasteiger partial charge is 0.550 e. The zero-order valence-electron chi connectivity index (χ0n) is 10.8. The Bertz CT molecular complexity index is 340. The number of carbonyl (C=O) groups is 1. The fraction of sp³-hybridized carbons (Fsp3) is 0.357. The van der Waals surface area contributed by atoms with Crippen LogP contribution in [0.25, 0.3) is 0 Å². The third-order valence-corrected chi connectivity index (χ3v) is 4.54. The second-order valence-corrected chi connectivity index (χ2v) is 9.10. The van der Waals surface area contributed by atoms with Gasteiger partial charge < -0.3 is 9.90 Å². The lowest BCUT2D eigenvalue weighted by molar-refractivity contribution is -0.302. The van der Waals surface area contributed by atoms with E-state index in [1.807, 2.05) is 0 Å². The summed E-state index contributed by atoms with van der Waals surface area (Å²) in [5, 5.41) is 8.89. The molecule has 0 unspecified atom stereocenters. The van der Waals surface area contributed by atoms with Gasteiger partial charge in [-0.3, -0.25) is 0 Å². The second kappa shape index (κ2) is 8.03. The summed E-state index contributed by atoms with van der Waals surface area (Å²) in [5.74, 6) is -1.08. The molecule has 0 aromatic heterocycles. The van der Waals surface area contributed by atoms with Crippen molar-refractivity contribution in [2.24, 2.45) is 0 Å². The van der Waals surface area contributed by atoms with Gasteiger partial charge in [-0.1, -0.05) is 43.0 Å². The maximum Gasteiger partial charge on any atom is 0.0840 e. The Morgan fingerprint density at radius 2 is 1.82 bits per heavy atom. The van der Waals surface area contributed by atoms with Crippen LogP contribution in [-0.4, -0.2) is 25.5 Å². The van der Waals surface area contributed by atoms with Gasteiger partial charge in [0.1, 0.15) is 0 Å². The number of rotatable bonds is 4. The molecule has 0 heterocycles. The average Bonchev–Trinajstić information content (AvgIpc) is 2.17. The smallest absolute Gasteiger partial charge is 0.0840 e. The first-order valence-electron chi connectivity index (χ1n) is 5.52. The molecule has 94 valence electrons. The van der Waals surface area contributed by atoms with Crippen LogP contribution >= 0.6 is 7.26 Å². The first-order valence-corrected chi connectivity index (χ1v) is 8.57. The Kier molecular flexibility index (Phi) is 7.49. The SMILES string of the molecule is C=CC[P+](C)(C)Cc1ccccc1.CC(=O)[O-]. The minimum Gasteiger partial charge on any atom is -0.550 e. The Hall–Kier alpha value is -1.14. The standard InChI is InChI=1S/C12H18P.C2H4O2/c1-4-10-13(2,3)11-12-8-6-5-7-9-12;1-2(3)4/h4-9H,1,10-11H2,2-3H3;1H3,(H,3,4)/q+1;/p-1. The highest BCUT2D eigenvalue weighted by Crippen LogP contribution is 2.54. The molecule has 0 aliphatic heterocycles. The molecule has 1 aromatic rings. The summed E-state index contributed by atoms with van der Waals surface area (Å²) in [4.78, 5) is 8.89. The van der Waals surface area contributed by atoms with E-state index in [2.05, 4.69) is 56.3 Å². The van der Waals surface area contributed by atoms with E-state index in [1.54, 1.807) is 0 Å². The van der Waals surface area contributed by atoms with Crippen molar-refractivity contribution in [3.8, 4) is 0 Å². The number of carboxylic acid groups (broad SMARTS) is 1. The minimum atomic E-state index is -1.08. The Morgan fingerprint density at radius 1 is 1.35 bits per heavy atom. The summed E-state index contributed by atoms with van der Waals surface area (Å²) in [6.45, 7) is 9.57. The molecule has 0 spiro atoms. The van der Waals surface area contributed by atoms with Crippen molar-refractivity contribution in [1.82, 2.24) is 0 Å². The van der Waals surface area contributed by atoms with Crippen LogP contribution in [0.1, 0.15) is 12.5 Å². The quantitative estimate of drug-likeness (QED) is 0.610. The van der Waals surface area contributed by atoms with E-state index in [4.69, 9.17) is 9.90 Å². The molecule has 0 radical (unpaired) electrons. The van der Waals surface area contributed by atoms with Crippen LogP contribution in [0.15, 0.2) is 43.0 Å². The van der Waals surface area contributed by atoms with Gasteiger partial charge in [-0.2, -0.15) is 0 Å². The van der Waals surface area contributed by atoms with Crippen LogP contribution in [0.3, 0.4) is 0 Å². The van der Waals surface area contributed by atoms with Crippen LogP contribution in [-0.2, 0) is 11.0 Å². The van der Waals surface area contributed by atoms with Crippen molar-refractivity contribution in [1.29, 1.82) is 0 Å². The summed E-state index contributed by atoms with van der Waals surface area (Å²) >= 11 is 0. The number of carbonyl (C=O) groups excluding carboxylic acids is 1. The zero-order chi connectivity index (χ0) is 13.3. The van der Waals surface area contributed by atoms with E-state index >= 15 is 0 Å². The Labute approximate surface area is 105 Å². The van der Waals surface area contributed by atoms with Gasteiger partial charge in [0.05, 0.1) is 12.3 Å². The Morgan fingerprint density at radius 3 is 2.24 bits per heavy atom. The molecule has 2 nitrogen and oxygen atoms in total.